The number of anilines is 2. The summed E-state index contributed by atoms with van der Waals surface area (Å²) < 4.78 is 3.24. The Balaban J connectivity index is 1.20. The predicted octanol–water partition coefficient (Wildman–Crippen LogP) is 6.88. The first-order chi connectivity index (χ1) is 24.2. The number of aromatic nitrogens is 3. The highest BCUT2D eigenvalue weighted by Crippen LogP contribution is 2.29. The van der Waals surface area contributed by atoms with Gasteiger partial charge < -0.3 is 20.9 Å². The zero-order valence-corrected chi connectivity index (χ0v) is 28.6. The minimum atomic E-state index is -0.521. The molecule has 0 aliphatic carbocycles. The molecule has 0 aliphatic heterocycles. The number of fused-ring (bicyclic) bond motifs is 1. The van der Waals surface area contributed by atoms with E-state index >= 15 is 0 Å². The molecular weight excluding hydrogens is 649 g/mol. The number of amides is 3. The lowest BCUT2D eigenvalue weighted by atomic mass is 10.1. The molecule has 2 heterocycles. The maximum atomic E-state index is 13.7. The van der Waals surface area contributed by atoms with E-state index in [9.17, 15) is 19.2 Å². The van der Waals surface area contributed by atoms with Crippen LogP contribution in [0.4, 0.5) is 11.4 Å². The van der Waals surface area contributed by atoms with Crippen LogP contribution in [0.15, 0.2) is 131 Å². The third kappa shape index (κ3) is 7.32. The number of hydrogen-bond donors (Lipinski definition) is 4. The Morgan fingerprint density at radius 3 is 2.32 bits per heavy atom. The summed E-state index contributed by atoms with van der Waals surface area (Å²) in [6.07, 6.45) is 3.92. The summed E-state index contributed by atoms with van der Waals surface area (Å²) >= 11 is 1.33. The third-order valence-corrected chi connectivity index (χ3v) is 9.64. The molecule has 0 saturated carbocycles. The van der Waals surface area contributed by atoms with Gasteiger partial charge in [0.1, 0.15) is 11.4 Å². The molecule has 2 aromatic heterocycles. The van der Waals surface area contributed by atoms with Crippen molar-refractivity contribution in [3.05, 3.63) is 148 Å². The van der Waals surface area contributed by atoms with Crippen LogP contribution in [-0.2, 0) is 16.6 Å². The third-order valence-electron chi connectivity index (χ3n) is 8.29. The molecule has 11 heteroatoms. The largest absolute Gasteiger partial charge is 0.361 e. The Morgan fingerprint density at radius 1 is 0.880 bits per heavy atom. The summed E-state index contributed by atoms with van der Waals surface area (Å²) in [4.78, 5) is 57.7. The van der Waals surface area contributed by atoms with Gasteiger partial charge in [-0.15, -0.1) is 11.8 Å². The van der Waals surface area contributed by atoms with Crippen LogP contribution in [0.5, 0.6) is 0 Å². The van der Waals surface area contributed by atoms with Crippen molar-refractivity contribution in [3.63, 3.8) is 0 Å². The number of carbonyl (C=O) groups excluding carboxylic acids is 3. The summed E-state index contributed by atoms with van der Waals surface area (Å²) in [5.41, 5.74) is 3.84. The molecule has 1 atom stereocenters. The van der Waals surface area contributed by atoms with E-state index in [0.717, 1.165) is 21.4 Å². The number of aromatic amines is 1. The number of H-pyrrole nitrogens is 1. The van der Waals surface area contributed by atoms with E-state index in [-0.39, 0.29) is 22.9 Å². The Kier molecular flexibility index (Phi) is 10.1. The first-order valence-corrected chi connectivity index (χ1v) is 17.0. The van der Waals surface area contributed by atoms with Crippen LogP contribution in [0.25, 0.3) is 22.7 Å². The smallest absolute Gasteiger partial charge is 0.295 e. The van der Waals surface area contributed by atoms with Gasteiger partial charge in [0.25, 0.3) is 17.4 Å². The van der Waals surface area contributed by atoms with Crippen molar-refractivity contribution in [2.45, 2.75) is 30.4 Å². The second kappa shape index (κ2) is 15.0. The second-order valence-electron chi connectivity index (χ2n) is 11.6. The highest BCUT2D eigenvalue weighted by molar-refractivity contribution is 8.00. The van der Waals surface area contributed by atoms with Crippen molar-refractivity contribution in [3.8, 4) is 5.69 Å². The van der Waals surface area contributed by atoms with Gasteiger partial charge in [0, 0.05) is 45.9 Å². The van der Waals surface area contributed by atoms with Crippen LogP contribution in [-0.4, -0.2) is 37.3 Å². The molecule has 0 radical (unpaired) electrons. The number of benzene rings is 4. The fraction of sp³-hybridized carbons (Fsp3) is 0.128. The molecule has 0 spiro atoms. The number of para-hydroxylation sites is 2. The molecule has 0 bridgehead atoms. The first-order valence-electron chi connectivity index (χ1n) is 16.1. The van der Waals surface area contributed by atoms with Gasteiger partial charge in [-0.1, -0.05) is 67.6 Å². The Morgan fingerprint density at radius 2 is 1.58 bits per heavy atom. The van der Waals surface area contributed by atoms with Gasteiger partial charge in [-0.3, -0.25) is 23.9 Å². The van der Waals surface area contributed by atoms with Crippen LogP contribution in [0.3, 0.4) is 0 Å². The minimum Gasteiger partial charge on any atom is -0.361 e. The number of rotatable bonds is 11. The zero-order chi connectivity index (χ0) is 35.2. The Labute approximate surface area is 293 Å². The van der Waals surface area contributed by atoms with Crippen LogP contribution in [0, 0.1) is 6.92 Å². The van der Waals surface area contributed by atoms with E-state index < -0.39 is 17.1 Å². The SMILES string of the molecule is CCC(Sc1cccc(NC(=O)/C(=C/c2c[nH]c3ccccc23)NC(=O)c2ccccc2)c1)C(=O)Nc1c(C)n(C)n(-c2ccccc2)c1=O. The van der Waals surface area contributed by atoms with Gasteiger partial charge in [-0.2, -0.15) is 0 Å². The van der Waals surface area contributed by atoms with Gasteiger partial charge in [-0.25, -0.2) is 4.68 Å². The molecule has 0 saturated heterocycles. The lowest BCUT2D eigenvalue weighted by molar-refractivity contribution is -0.116. The molecule has 1 unspecified atom stereocenters. The number of carbonyl (C=O) groups is 3. The summed E-state index contributed by atoms with van der Waals surface area (Å²) in [6.45, 7) is 3.69. The van der Waals surface area contributed by atoms with E-state index in [1.165, 1.54) is 16.4 Å². The number of thioether (sulfide) groups is 1. The lowest BCUT2D eigenvalue weighted by Crippen LogP contribution is -2.30. The summed E-state index contributed by atoms with van der Waals surface area (Å²) in [5, 5.41) is 8.95. The van der Waals surface area contributed by atoms with E-state index in [1.54, 1.807) is 73.4 Å². The molecule has 10 nitrogen and oxygen atoms in total. The van der Waals surface area contributed by atoms with Crippen molar-refractivity contribution in [2.75, 3.05) is 10.6 Å². The van der Waals surface area contributed by atoms with E-state index in [4.69, 9.17) is 0 Å². The van der Waals surface area contributed by atoms with E-state index in [2.05, 4.69) is 20.9 Å². The zero-order valence-electron chi connectivity index (χ0n) is 27.8. The standard InChI is InChI=1S/C39H36N6O4S/c1-4-34(38(48)43-35-25(2)44(3)45(39(35)49)29-17-9-6-10-18-29)50-30-19-13-16-28(23-30)41-37(47)33(42-36(46)26-14-7-5-8-15-26)22-27-24-40-32-21-12-11-20-31(27)32/h5-24,34,40H,4H2,1-3H3,(H,41,47)(H,42,46)(H,43,48)/b33-22-. The van der Waals surface area contributed by atoms with Crippen molar-refractivity contribution in [1.82, 2.24) is 19.7 Å². The van der Waals surface area contributed by atoms with Crippen molar-refractivity contribution < 1.29 is 14.4 Å². The topological polar surface area (TPSA) is 130 Å². The fourth-order valence-corrected chi connectivity index (χ4v) is 6.57. The lowest BCUT2D eigenvalue weighted by Gasteiger charge is -2.15. The normalized spacial score (nSPS) is 12.0. The molecular formula is C39H36N6O4S. The maximum absolute atomic E-state index is 13.7. The first kappa shape index (κ1) is 33.8. The van der Waals surface area contributed by atoms with Crippen molar-refractivity contribution in [1.29, 1.82) is 0 Å². The highest BCUT2D eigenvalue weighted by atomic mass is 32.2. The van der Waals surface area contributed by atoms with E-state index in [0.29, 0.717) is 29.1 Å². The molecule has 3 amide bonds. The van der Waals surface area contributed by atoms with Gasteiger partial charge in [0.05, 0.1) is 16.6 Å². The molecule has 0 fully saturated rings. The number of nitrogens with one attached hydrogen (secondary N) is 4. The minimum absolute atomic E-state index is 0.0619. The molecule has 50 heavy (non-hydrogen) atoms. The summed E-state index contributed by atoms with van der Waals surface area (Å²) in [6, 6.07) is 32.8. The quantitative estimate of drug-likeness (QED) is 0.0873. The predicted molar refractivity (Wildman–Crippen MR) is 200 cm³/mol. The van der Waals surface area contributed by atoms with E-state index in [1.807, 2.05) is 73.7 Å². The molecule has 4 N–H and O–H groups in total. The fourth-order valence-electron chi connectivity index (χ4n) is 5.56. The molecule has 6 rings (SSSR count). The van der Waals surface area contributed by atoms with Crippen molar-refractivity contribution >= 4 is 57.8 Å². The summed E-state index contributed by atoms with van der Waals surface area (Å²) in [7, 11) is 1.78. The van der Waals surface area contributed by atoms with Crippen LogP contribution < -0.4 is 21.5 Å². The molecule has 6 aromatic rings. The second-order valence-corrected chi connectivity index (χ2v) is 12.9. The molecule has 4 aromatic carbocycles. The Bertz CT molecular complexity index is 2270. The monoisotopic (exact) mass is 684 g/mol. The summed E-state index contributed by atoms with van der Waals surface area (Å²) in [5.74, 6) is -1.23. The maximum Gasteiger partial charge on any atom is 0.295 e. The molecule has 0 aliphatic rings. The van der Waals surface area contributed by atoms with Crippen LogP contribution >= 0.6 is 11.8 Å². The van der Waals surface area contributed by atoms with Crippen molar-refractivity contribution in [2.24, 2.45) is 7.05 Å². The van der Waals surface area contributed by atoms with Crippen LogP contribution in [0.1, 0.15) is 35.0 Å². The van der Waals surface area contributed by atoms with Gasteiger partial charge >= 0.3 is 0 Å². The van der Waals surface area contributed by atoms with Gasteiger partial charge in [-0.05, 0) is 68.0 Å². The molecule has 252 valence electrons. The highest BCUT2D eigenvalue weighted by Gasteiger charge is 2.24. The van der Waals surface area contributed by atoms with Crippen LogP contribution in [0.2, 0.25) is 0 Å². The average Bonchev–Trinajstić information content (AvgIpc) is 3.64. The average molecular weight is 685 g/mol. The number of hydrogen-bond acceptors (Lipinski definition) is 5. The van der Waals surface area contributed by atoms with Gasteiger partial charge in [0.15, 0.2) is 0 Å². The number of nitrogens with zero attached hydrogens (tertiary/aromatic N) is 2. The van der Waals surface area contributed by atoms with Gasteiger partial charge in [0.2, 0.25) is 5.91 Å². The Hall–Kier alpha value is -6.07.